The Balaban J connectivity index is 1.85. The van der Waals surface area contributed by atoms with E-state index in [2.05, 4.69) is 36.5 Å². The Morgan fingerprint density at radius 3 is 2.50 bits per heavy atom. The van der Waals surface area contributed by atoms with Crippen LogP contribution in [-0.4, -0.2) is 12.6 Å². The number of nitrogens with one attached hydrogen (secondary N) is 1. The Bertz CT molecular complexity index is 369. The fraction of sp³-hybridized carbons (Fsp3) is 0.667. The third kappa shape index (κ3) is 5.16. The van der Waals surface area contributed by atoms with Crippen LogP contribution in [0, 0.1) is 0 Å². The number of para-hydroxylation sites is 1. The van der Waals surface area contributed by atoms with Crippen molar-refractivity contribution in [2.45, 2.75) is 70.9 Å². The molecule has 1 aliphatic rings. The smallest absolute Gasteiger partial charge is 0.123 e. The van der Waals surface area contributed by atoms with Gasteiger partial charge in [0.2, 0.25) is 0 Å². The first-order valence-corrected chi connectivity index (χ1v) is 8.34. The maximum absolute atomic E-state index is 5.83. The first-order valence-electron chi connectivity index (χ1n) is 8.34. The molecule has 0 aromatic heterocycles. The van der Waals surface area contributed by atoms with Crippen LogP contribution in [0.25, 0.3) is 0 Å². The quantitative estimate of drug-likeness (QED) is 0.814. The fourth-order valence-corrected chi connectivity index (χ4v) is 2.92. The van der Waals surface area contributed by atoms with Crippen molar-refractivity contribution >= 4 is 0 Å². The van der Waals surface area contributed by atoms with Gasteiger partial charge in [-0.1, -0.05) is 57.2 Å². The van der Waals surface area contributed by atoms with Crippen LogP contribution in [0.3, 0.4) is 0 Å². The summed E-state index contributed by atoms with van der Waals surface area (Å²) in [5.74, 6) is 1.05. The molecule has 0 heterocycles. The van der Waals surface area contributed by atoms with E-state index in [9.17, 15) is 0 Å². The highest BCUT2D eigenvalue weighted by Gasteiger charge is 2.11. The number of hydrogen-bond donors (Lipinski definition) is 1. The summed E-state index contributed by atoms with van der Waals surface area (Å²) in [6.45, 7) is 3.89. The first-order chi connectivity index (χ1) is 9.90. The molecule has 2 nitrogen and oxygen atoms in total. The topological polar surface area (TPSA) is 21.3 Å². The summed E-state index contributed by atoms with van der Waals surface area (Å²) in [4.78, 5) is 0. The molecule has 0 saturated heterocycles. The molecule has 0 spiro atoms. The summed E-state index contributed by atoms with van der Waals surface area (Å²) >= 11 is 0. The molecule has 0 unspecified atom stereocenters. The van der Waals surface area contributed by atoms with Gasteiger partial charge in [0.1, 0.15) is 5.75 Å². The fourth-order valence-electron chi connectivity index (χ4n) is 2.92. The lowest BCUT2D eigenvalue weighted by Crippen LogP contribution is -2.29. The highest BCUT2D eigenvalue weighted by Crippen LogP contribution is 2.20. The maximum atomic E-state index is 5.83. The van der Waals surface area contributed by atoms with Gasteiger partial charge < -0.3 is 10.1 Å². The molecule has 1 aromatic carbocycles. The Hall–Kier alpha value is -1.02. The van der Waals surface area contributed by atoms with Gasteiger partial charge in [0, 0.05) is 18.2 Å². The van der Waals surface area contributed by atoms with E-state index in [1.807, 2.05) is 0 Å². The zero-order valence-corrected chi connectivity index (χ0v) is 12.9. The van der Waals surface area contributed by atoms with Gasteiger partial charge in [0.05, 0.1) is 6.61 Å². The Morgan fingerprint density at radius 1 is 1.05 bits per heavy atom. The van der Waals surface area contributed by atoms with Gasteiger partial charge in [0.25, 0.3) is 0 Å². The van der Waals surface area contributed by atoms with Crippen molar-refractivity contribution in [2.24, 2.45) is 0 Å². The lowest BCUT2D eigenvalue weighted by molar-refractivity contribution is 0.311. The van der Waals surface area contributed by atoms with Gasteiger partial charge in [-0.2, -0.15) is 0 Å². The minimum atomic E-state index is 0.689. The van der Waals surface area contributed by atoms with Gasteiger partial charge in [-0.25, -0.2) is 0 Å². The maximum Gasteiger partial charge on any atom is 0.123 e. The van der Waals surface area contributed by atoms with Crippen LogP contribution in [-0.2, 0) is 6.54 Å². The highest BCUT2D eigenvalue weighted by atomic mass is 16.5. The molecular formula is C18H29NO. The van der Waals surface area contributed by atoms with Crippen LogP contribution in [0.2, 0.25) is 0 Å². The van der Waals surface area contributed by atoms with Crippen molar-refractivity contribution in [3.8, 4) is 5.75 Å². The van der Waals surface area contributed by atoms with Crippen LogP contribution in [0.5, 0.6) is 5.75 Å². The van der Waals surface area contributed by atoms with Crippen LogP contribution in [0.1, 0.15) is 63.9 Å². The van der Waals surface area contributed by atoms with Crippen LogP contribution in [0.4, 0.5) is 0 Å². The minimum absolute atomic E-state index is 0.689. The molecule has 2 heteroatoms. The van der Waals surface area contributed by atoms with Crippen molar-refractivity contribution in [3.05, 3.63) is 29.8 Å². The molecule has 0 atom stereocenters. The van der Waals surface area contributed by atoms with Gasteiger partial charge in [-0.15, -0.1) is 0 Å². The third-order valence-corrected chi connectivity index (χ3v) is 4.12. The van der Waals surface area contributed by atoms with Gasteiger partial charge in [-0.05, 0) is 25.3 Å². The molecule has 20 heavy (non-hydrogen) atoms. The molecule has 1 aliphatic carbocycles. The van der Waals surface area contributed by atoms with Crippen LogP contribution >= 0.6 is 0 Å². The molecule has 1 aromatic rings. The molecule has 1 saturated carbocycles. The molecule has 0 bridgehead atoms. The Kier molecular flexibility index (Phi) is 6.93. The second-order valence-electron chi connectivity index (χ2n) is 5.88. The molecule has 1 N–H and O–H groups in total. The second kappa shape index (κ2) is 9.02. The molecule has 0 radical (unpaired) electrons. The van der Waals surface area contributed by atoms with E-state index >= 15 is 0 Å². The normalized spacial score (nSPS) is 17.4. The predicted molar refractivity (Wildman–Crippen MR) is 85.2 cm³/mol. The van der Waals surface area contributed by atoms with E-state index in [0.29, 0.717) is 6.04 Å². The monoisotopic (exact) mass is 275 g/mol. The van der Waals surface area contributed by atoms with Crippen molar-refractivity contribution in [2.75, 3.05) is 6.61 Å². The summed E-state index contributed by atoms with van der Waals surface area (Å²) in [5, 5.41) is 3.74. The van der Waals surface area contributed by atoms with E-state index in [-0.39, 0.29) is 0 Å². The molecule has 0 aliphatic heterocycles. The lowest BCUT2D eigenvalue weighted by Gasteiger charge is -2.21. The van der Waals surface area contributed by atoms with E-state index in [4.69, 9.17) is 4.74 Å². The zero-order chi connectivity index (χ0) is 14.0. The van der Waals surface area contributed by atoms with E-state index in [1.165, 1.54) is 50.5 Å². The molecule has 2 rings (SSSR count). The first kappa shape index (κ1) is 15.4. The number of hydrogen-bond acceptors (Lipinski definition) is 2. The summed E-state index contributed by atoms with van der Waals surface area (Å²) in [6, 6.07) is 9.12. The van der Waals surface area contributed by atoms with Crippen LogP contribution in [0.15, 0.2) is 24.3 Å². The van der Waals surface area contributed by atoms with Crippen molar-refractivity contribution in [1.29, 1.82) is 0 Å². The predicted octanol–water partition coefficient (Wildman–Crippen LogP) is 4.68. The van der Waals surface area contributed by atoms with Crippen molar-refractivity contribution in [1.82, 2.24) is 5.32 Å². The standard InChI is InChI=1S/C18H29NO/c1-2-14-20-18-13-9-8-10-16(18)15-19-17-11-6-4-3-5-7-12-17/h8-10,13,17,19H,2-7,11-12,14-15H2,1H3. The third-order valence-electron chi connectivity index (χ3n) is 4.12. The number of rotatable bonds is 6. The SMILES string of the molecule is CCCOc1ccccc1CNC1CCCCCCC1. The summed E-state index contributed by atoms with van der Waals surface area (Å²) in [6.07, 6.45) is 10.7. The average Bonchev–Trinajstić information content (AvgIpc) is 2.45. The second-order valence-corrected chi connectivity index (χ2v) is 5.88. The van der Waals surface area contributed by atoms with Crippen molar-refractivity contribution in [3.63, 3.8) is 0 Å². The molecule has 112 valence electrons. The van der Waals surface area contributed by atoms with Crippen LogP contribution < -0.4 is 10.1 Å². The van der Waals surface area contributed by atoms with E-state index in [1.54, 1.807) is 0 Å². The Labute approximate surface area is 123 Å². The molecular weight excluding hydrogens is 246 g/mol. The summed E-state index contributed by atoms with van der Waals surface area (Å²) in [7, 11) is 0. The van der Waals surface area contributed by atoms with Gasteiger partial charge >= 0.3 is 0 Å². The van der Waals surface area contributed by atoms with Crippen molar-refractivity contribution < 1.29 is 4.74 Å². The lowest BCUT2D eigenvalue weighted by atomic mass is 9.96. The van der Waals surface area contributed by atoms with E-state index < -0.39 is 0 Å². The molecule has 1 fully saturated rings. The zero-order valence-electron chi connectivity index (χ0n) is 12.9. The molecule has 0 amide bonds. The number of ether oxygens (including phenoxy) is 1. The van der Waals surface area contributed by atoms with E-state index in [0.717, 1.165) is 25.3 Å². The summed E-state index contributed by atoms with van der Waals surface area (Å²) < 4.78 is 5.83. The van der Waals surface area contributed by atoms with Gasteiger partial charge in [0.15, 0.2) is 0 Å². The largest absolute Gasteiger partial charge is 0.493 e. The minimum Gasteiger partial charge on any atom is -0.493 e. The summed E-state index contributed by atoms with van der Waals surface area (Å²) in [5.41, 5.74) is 1.29. The Morgan fingerprint density at radius 2 is 1.75 bits per heavy atom. The van der Waals surface area contributed by atoms with Gasteiger partial charge in [-0.3, -0.25) is 0 Å². The average molecular weight is 275 g/mol. The highest BCUT2D eigenvalue weighted by molar-refractivity contribution is 5.33. The number of benzene rings is 1.